The third-order valence-corrected chi connectivity index (χ3v) is 5.13. The number of fused-ring (bicyclic) bond motifs is 1. The molecule has 2 aliphatic rings. The van der Waals surface area contributed by atoms with Crippen molar-refractivity contribution >= 4 is 17.6 Å². The van der Waals surface area contributed by atoms with E-state index in [1.807, 2.05) is 0 Å². The van der Waals surface area contributed by atoms with E-state index in [1.165, 1.54) is 0 Å². The van der Waals surface area contributed by atoms with Crippen LogP contribution in [0.25, 0.3) is 0 Å². The molecule has 0 spiro atoms. The number of carbonyl (C=O) groups excluding carboxylic acids is 3. The lowest BCUT2D eigenvalue weighted by Gasteiger charge is -2.32. The van der Waals surface area contributed by atoms with Crippen LogP contribution in [0.15, 0.2) is 0 Å². The van der Waals surface area contributed by atoms with Gasteiger partial charge in [0.05, 0.1) is 31.7 Å². The Kier molecular flexibility index (Phi) is 6.37. The topological polar surface area (TPSA) is 83.5 Å². The summed E-state index contributed by atoms with van der Waals surface area (Å²) in [5.41, 5.74) is -2.97. The van der Waals surface area contributed by atoms with Gasteiger partial charge in [0, 0.05) is 24.9 Å². The second-order valence-corrected chi connectivity index (χ2v) is 7.70. The lowest BCUT2D eigenvalue weighted by atomic mass is 10.0. The van der Waals surface area contributed by atoms with Gasteiger partial charge in [0.25, 0.3) is 5.92 Å². The van der Waals surface area contributed by atoms with E-state index in [9.17, 15) is 49.5 Å². The van der Waals surface area contributed by atoms with Crippen LogP contribution in [0, 0.1) is 0 Å². The number of halogens is 8. The third-order valence-electron chi connectivity index (χ3n) is 5.13. The van der Waals surface area contributed by atoms with Crippen molar-refractivity contribution in [2.75, 3.05) is 19.6 Å². The Morgan fingerprint density at radius 3 is 2.27 bits per heavy atom. The second-order valence-electron chi connectivity index (χ2n) is 7.70. The van der Waals surface area contributed by atoms with Gasteiger partial charge in [0.1, 0.15) is 0 Å². The number of hydrogen-bond donors (Lipinski definition) is 0. The molecule has 0 bridgehead atoms. The minimum atomic E-state index is -5.26. The normalized spacial score (nSPS) is 18.8. The molecule has 15 heteroatoms. The van der Waals surface area contributed by atoms with Crippen molar-refractivity contribution in [1.82, 2.24) is 19.8 Å². The molecule has 182 valence electrons. The smallest absolute Gasteiger partial charge is 0.336 e. The molecule has 33 heavy (non-hydrogen) atoms. The summed E-state index contributed by atoms with van der Waals surface area (Å²) in [6, 6.07) is 0. The molecule has 0 saturated carbocycles. The van der Waals surface area contributed by atoms with E-state index in [-0.39, 0.29) is 6.54 Å². The van der Waals surface area contributed by atoms with Crippen LogP contribution in [-0.2, 0) is 39.7 Å². The van der Waals surface area contributed by atoms with Gasteiger partial charge in [0.2, 0.25) is 17.6 Å². The molecule has 2 aliphatic heterocycles. The van der Waals surface area contributed by atoms with Crippen LogP contribution < -0.4 is 0 Å². The number of ketones is 1. The molecule has 1 aromatic rings. The maximum atomic E-state index is 13.5. The third kappa shape index (κ3) is 5.74. The quantitative estimate of drug-likeness (QED) is 0.481. The standard InChI is InChI=1S/C18H16F8N4O3/c19-16(20)3-1-12(32)30(8-16)6-9(31)5-13(33)29-4-2-10-11(7-29)27-15(18(24,25)26)28-14(10)17(21,22)23/h1-8H2. The molecule has 0 radical (unpaired) electrons. The Morgan fingerprint density at radius 2 is 1.67 bits per heavy atom. The SMILES string of the molecule is O=C(CC(=O)N1CCc2c(nc(C(F)(F)F)nc2C(F)(F)F)C1)CN1CC(F)(F)CCC1=O. The van der Waals surface area contributed by atoms with Gasteiger partial charge in [-0.2, -0.15) is 26.3 Å². The van der Waals surface area contributed by atoms with Gasteiger partial charge < -0.3 is 9.80 Å². The predicted molar refractivity (Wildman–Crippen MR) is 91.5 cm³/mol. The van der Waals surface area contributed by atoms with Crippen LogP contribution in [-0.4, -0.2) is 62.9 Å². The van der Waals surface area contributed by atoms with Crippen LogP contribution >= 0.6 is 0 Å². The Morgan fingerprint density at radius 1 is 1.00 bits per heavy atom. The minimum absolute atomic E-state index is 0.350. The Hall–Kier alpha value is -2.87. The van der Waals surface area contributed by atoms with Crippen molar-refractivity contribution in [3.05, 3.63) is 22.8 Å². The summed E-state index contributed by atoms with van der Waals surface area (Å²) in [5, 5.41) is 0. The number of Topliss-reactive ketones (excluding diaryl/α,β-unsaturated/α-hetero) is 1. The zero-order valence-corrected chi connectivity index (χ0v) is 16.7. The fraction of sp³-hybridized carbons (Fsp3) is 0.611. The molecule has 0 N–H and O–H groups in total. The molecule has 3 rings (SSSR count). The first-order valence-corrected chi connectivity index (χ1v) is 9.56. The van der Waals surface area contributed by atoms with Crippen LogP contribution in [0.5, 0.6) is 0 Å². The van der Waals surface area contributed by atoms with Crippen LogP contribution in [0.3, 0.4) is 0 Å². The highest BCUT2D eigenvalue weighted by Gasteiger charge is 2.44. The van der Waals surface area contributed by atoms with E-state index < -0.39 is 104 Å². The molecule has 0 aromatic carbocycles. The maximum Gasteiger partial charge on any atom is 0.451 e. The van der Waals surface area contributed by atoms with Crippen LogP contribution in [0.2, 0.25) is 0 Å². The number of alkyl halides is 8. The van der Waals surface area contributed by atoms with Gasteiger partial charge in [-0.15, -0.1) is 0 Å². The molecule has 0 unspecified atom stereocenters. The molecular formula is C18H16F8N4O3. The summed E-state index contributed by atoms with van der Waals surface area (Å²) in [4.78, 5) is 43.5. The summed E-state index contributed by atoms with van der Waals surface area (Å²) >= 11 is 0. The number of carbonyl (C=O) groups is 3. The monoisotopic (exact) mass is 488 g/mol. The average Bonchev–Trinajstić information content (AvgIpc) is 2.67. The second kappa shape index (κ2) is 8.48. The molecule has 1 saturated heterocycles. The maximum absolute atomic E-state index is 13.5. The van der Waals surface area contributed by atoms with E-state index >= 15 is 0 Å². The Bertz CT molecular complexity index is 977. The number of hydrogen-bond acceptors (Lipinski definition) is 5. The van der Waals surface area contributed by atoms with Crippen LogP contribution in [0.4, 0.5) is 35.1 Å². The fourth-order valence-corrected chi connectivity index (χ4v) is 3.59. The summed E-state index contributed by atoms with van der Waals surface area (Å²) in [6.45, 7) is -2.82. The highest BCUT2D eigenvalue weighted by molar-refractivity contribution is 6.00. The summed E-state index contributed by atoms with van der Waals surface area (Å²) in [7, 11) is 0. The number of likely N-dealkylation sites (tertiary alicyclic amines) is 1. The number of rotatable bonds is 4. The molecular weight excluding hydrogens is 472 g/mol. The predicted octanol–water partition coefficient (Wildman–Crippen LogP) is 2.62. The lowest BCUT2D eigenvalue weighted by Crippen LogP contribution is -2.48. The molecule has 1 fully saturated rings. The molecule has 0 atom stereocenters. The lowest BCUT2D eigenvalue weighted by molar-refractivity contribution is -0.153. The minimum Gasteiger partial charge on any atom is -0.336 e. The van der Waals surface area contributed by atoms with E-state index in [4.69, 9.17) is 0 Å². The fourth-order valence-electron chi connectivity index (χ4n) is 3.59. The number of nitrogens with zero attached hydrogens (tertiary/aromatic N) is 4. The summed E-state index contributed by atoms with van der Waals surface area (Å²) in [6.07, 6.45) is -12.9. The van der Waals surface area contributed by atoms with Gasteiger partial charge in [-0.1, -0.05) is 0 Å². The Labute approximate surface area is 180 Å². The highest BCUT2D eigenvalue weighted by atomic mass is 19.4. The first-order valence-electron chi connectivity index (χ1n) is 9.56. The highest BCUT2D eigenvalue weighted by Crippen LogP contribution is 2.36. The zero-order chi connectivity index (χ0) is 24.8. The molecule has 7 nitrogen and oxygen atoms in total. The number of amides is 2. The summed E-state index contributed by atoms with van der Waals surface area (Å²) < 4.78 is 105. The van der Waals surface area contributed by atoms with Gasteiger partial charge in [-0.05, 0) is 6.42 Å². The molecule has 2 amide bonds. The molecule has 3 heterocycles. The van der Waals surface area contributed by atoms with E-state index in [2.05, 4.69) is 9.97 Å². The van der Waals surface area contributed by atoms with Gasteiger partial charge >= 0.3 is 12.4 Å². The van der Waals surface area contributed by atoms with Crippen molar-refractivity contribution in [3.8, 4) is 0 Å². The van der Waals surface area contributed by atoms with Crippen LogP contribution in [0.1, 0.15) is 42.0 Å². The van der Waals surface area contributed by atoms with E-state index in [0.29, 0.717) is 4.90 Å². The summed E-state index contributed by atoms with van der Waals surface area (Å²) in [5.74, 6) is -7.72. The average molecular weight is 488 g/mol. The largest absolute Gasteiger partial charge is 0.451 e. The van der Waals surface area contributed by atoms with E-state index in [0.717, 1.165) is 4.90 Å². The van der Waals surface area contributed by atoms with Crippen molar-refractivity contribution in [3.63, 3.8) is 0 Å². The van der Waals surface area contributed by atoms with Crippen molar-refractivity contribution in [2.24, 2.45) is 0 Å². The molecule has 1 aromatic heterocycles. The first-order chi connectivity index (χ1) is 15.1. The van der Waals surface area contributed by atoms with Crippen molar-refractivity contribution in [2.45, 2.75) is 50.5 Å². The number of piperidine rings is 1. The van der Waals surface area contributed by atoms with Crippen molar-refractivity contribution < 1.29 is 49.5 Å². The number of aromatic nitrogens is 2. The Balaban J connectivity index is 1.73. The van der Waals surface area contributed by atoms with Gasteiger partial charge in [-0.25, -0.2) is 18.7 Å². The zero-order valence-electron chi connectivity index (χ0n) is 16.7. The van der Waals surface area contributed by atoms with Crippen molar-refractivity contribution in [1.29, 1.82) is 0 Å². The van der Waals surface area contributed by atoms with Gasteiger partial charge in [0.15, 0.2) is 11.5 Å². The first kappa shape index (κ1) is 24.8. The molecule has 0 aliphatic carbocycles. The van der Waals surface area contributed by atoms with Gasteiger partial charge in [-0.3, -0.25) is 14.4 Å². The van der Waals surface area contributed by atoms with E-state index in [1.54, 1.807) is 0 Å².